The second-order valence-corrected chi connectivity index (χ2v) is 5.36. The Morgan fingerprint density at radius 2 is 2.21 bits per heavy atom. The van der Waals surface area contributed by atoms with Crippen LogP contribution in [0.25, 0.3) is 0 Å². The number of nitrogens with one attached hydrogen (secondary N) is 1. The van der Waals surface area contributed by atoms with Crippen LogP contribution >= 0.6 is 0 Å². The number of aromatic nitrogens is 1. The molecule has 0 radical (unpaired) electrons. The number of unbranched alkanes of at least 4 members (excludes halogenated alkanes) is 1. The fourth-order valence-corrected chi connectivity index (χ4v) is 1.85. The fraction of sp³-hybridized carbons (Fsp3) is 0.562. The van der Waals surface area contributed by atoms with Gasteiger partial charge in [-0.1, -0.05) is 26.0 Å². The molecular formula is C16H27N3. The van der Waals surface area contributed by atoms with Crippen LogP contribution in [0.3, 0.4) is 0 Å². The summed E-state index contributed by atoms with van der Waals surface area (Å²) in [6.45, 7) is 11.1. The van der Waals surface area contributed by atoms with E-state index in [9.17, 15) is 0 Å². The molecule has 0 amide bonds. The second-order valence-electron chi connectivity index (χ2n) is 5.36. The summed E-state index contributed by atoms with van der Waals surface area (Å²) in [5.74, 6) is 1.72. The molecule has 1 N–H and O–H groups in total. The predicted molar refractivity (Wildman–Crippen MR) is 83.5 cm³/mol. The summed E-state index contributed by atoms with van der Waals surface area (Å²) < 4.78 is 0. The lowest BCUT2D eigenvalue weighted by Gasteiger charge is -2.18. The van der Waals surface area contributed by atoms with Gasteiger partial charge in [0.05, 0.1) is 5.69 Å². The van der Waals surface area contributed by atoms with Crippen LogP contribution in [-0.4, -0.2) is 25.1 Å². The van der Waals surface area contributed by atoms with Crippen molar-refractivity contribution in [3.05, 3.63) is 36.5 Å². The molecule has 0 saturated heterocycles. The fourth-order valence-electron chi connectivity index (χ4n) is 1.85. The van der Waals surface area contributed by atoms with E-state index in [1.807, 2.05) is 6.08 Å². The highest BCUT2D eigenvalue weighted by Crippen LogP contribution is 2.10. The van der Waals surface area contributed by atoms with Gasteiger partial charge in [0.2, 0.25) is 0 Å². The summed E-state index contributed by atoms with van der Waals surface area (Å²) in [6, 6.07) is 6.23. The van der Waals surface area contributed by atoms with Crippen molar-refractivity contribution < 1.29 is 0 Å². The molecule has 1 heterocycles. The zero-order valence-electron chi connectivity index (χ0n) is 12.5. The van der Waals surface area contributed by atoms with Crippen LogP contribution in [-0.2, 0) is 6.54 Å². The molecule has 0 spiro atoms. The van der Waals surface area contributed by atoms with E-state index in [0.717, 1.165) is 44.0 Å². The lowest BCUT2D eigenvalue weighted by atomic mass is 10.2. The molecule has 1 aromatic rings. The normalized spacial score (nSPS) is 10.7. The van der Waals surface area contributed by atoms with Crippen molar-refractivity contribution in [3.8, 4) is 0 Å². The molecule has 0 aliphatic rings. The van der Waals surface area contributed by atoms with Crippen LogP contribution in [0.2, 0.25) is 0 Å². The Bertz CT molecular complexity index is 374. The molecule has 19 heavy (non-hydrogen) atoms. The molecule has 1 aromatic heterocycles. The van der Waals surface area contributed by atoms with Crippen molar-refractivity contribution in [2.24, 2.45) is 5.92 Å². The third-order valence-electron chi connectivity index (χ3n) is 2.94. The van der Waals surface area contributed by atoms with E-state index in [1.165, 1.54) is 0 Å². The summed E-state index contributed by atoms with van der Waals surface area (Å²) in [5.41, 5.74) is 1.11. The molecular weight excluding hydrogens is 234 g/mol. The maximum absolute atomic E-state index is 4.69. The van der Waals surface area contributed by atoms with Gasteiger partial charge in [-0.25, -0.2) is 4.98 Å². The van der Waals surface area contributed by atoms with Crippen molar-refractivity contribution in [2.75, 3.05) is 25.0 Å². The van der Waals surface area contributed by atoms with E-state index in [1.54, 1.807) is 0 Å². The van der Waals surface area contributed by atoms with Gasteiger partial charge in [0.15, 0.2) is 0 Å². The molecule has 106 valence electrons. The first-order chi connectivity index (χ1) is 9.13. The third kappa shape index (κ3) is 6.39. The molecule has 0 unspecified atom stereocenters. The lowest BCUT2D eigenvalue weighted by Crippen LogP contribution is -2.22. The van der Waals surface area contributed by atoms with Gasteiger partial charge in [0, 0.05) is 20.1 Å². The maximum Gasteiger partial charge on any atom is 0.128 e. The zero-order valence-corrected chi connectivity index (χ0v) is 12.5. The Balaban J connectivity index is 2.48. The average Bonchev–Trinajstić information content (AvgIpc) is 2.39. The van der Waals surface area contributed by atoms with Gasteiger partial charge in [-0.3, -0.25) is 0 Å². The highest BCUT2D eigenvalue weighted by molar-refractivity contribution is 5.38. The van der Waals surface area contributed by atoms with E-state index < -0.39 is 0 Å². The van der Waals surface area contributed by atoms with Crippen molar-refractivity contribution in [2.45, 2.75) is 33.2 Å². The SMILES string of the molecule is C=CCCCN(C)c1cccc(CNCC(C)C)n1. The van der Waals surface area contributed by atoms with Gasteiger partial charge in [-0.05, 0) is 37.4 Å². The van der Waals surface area contributed by atoms with E-state index >= 15 is 0 Å². The van der Waals surface area contributed by atoms with Crippen LogP contribution in [0.4, 0.5) is 5.82 Å². The number of hydrogen-bond donors (Lipinski definition) is 1. The average molecular weight is 261 g/mol. The zero-order chi connectivity index (χ0) is 14.1. The van der Waals surface area contributed by atoms with E-state index in [2.05, 4.69) is 60.9 Å². The Morgan fingerprint density at radius 1 is 1.42 bits per heavy atom. The van der Waals surface area contributed by atoms with Gasteiger partial charge in [0.1, 0.15) is 5.82 Å². The molecule has 3 nitrogen and oxygen atoms in total. The van der Waals surface area contributed by atoms with E-state index in [0.29, 0.717) is 5.92 Å². The highest BCUT2D eigenvalue weighted by atomic mass is 15.2. The minimum absolute atomic E-state index is 0.671. The van der Waals surface area contributed by atoms with Crippen molar-refractivity contribution >= 4 is 5.82 Å². The summed E-state index contributed by atoms with van der Waals surface area (Å²) in [5, 5.41) is 3.43. The maximum atomic E-state index is 4.69. The summed E-state index contributed by atoms with van der Waals surface area (Å²) in [4.78, 5) is 6.89. The molecule has 0 fully saturated rings. The monoisotopic (exact) mass is 261 g/mol. The molecule has 0 atom stereocenters. The molecule has 1 rings (SSSR count). The Morgan fingerprint density at radius 3 is 2.89 bits per heavy atom. The topological polar surface area (TPSA) is 28.2 Å². The molecule has 0 aliphatic heterocycles. The largest absolute Gasteiger partial charge is 0.360 e. The van der Waals surface area contributed by atoms with Crippen LogP contribution in [0.1, 0.15) is 32.4 Å². The highest BCUT2D eigenvalue weighted by Gasteiger charge is 2.03. The number of hydrogen-bond acceptors (Lipinski definition) is 3. The number of allylic oxidation sites excluding steroid dienone is 1. The standard InChI is InChI=1S/C16H27N3/c1-5-6-7-11-19(4)16-10-8-9-15(18-16)13-17-12-14(2)3/h5,8-10,14,17H,1,6-7,11-13H2,2-4H3. The van der Waals surface area contributed by atoms with Gasteiger partial charge in [-0.15, -0.1) is 6.58 Å². The van der Waals surface area contributed by atoms with Crippen LogP contribution in [0, 0.1) is 5.92 Å². The molecule has 3 heteroatoms. The first-order valence-electron chi connectivity index (χ1n) is 7.12. The molecule has 0 saturated carbocycles. The van der Waals surface area contributed by atoms with Gasteiger partial charge < -0.3 is 10.2 Å². The Hall–Kier alpha value is -1.35. The summed E-state index contributed by atoms with van der Waals surface area (Å²) in [6.07, 6.45) is 4.14. The van der Waals surface area contributed by atoms with Crippen molar-refractivity contribution in [3.63, 3.8) is 0 Å². The number of rotatable bonds is 9. The van der Waals surface area contributed by atoms with E-state index in [-0.39, 0.29) is 0 Å². The van der Waals surface area contributed by atoms with E-state index in [4.69, 9.17) is 0 Å². The number of pyridine rings is 1. The van der Waals surface area contributed by atoms with Crippen molar-refractivity contribution in [1.29, 1.82) is 0 Å². The van der Waals surface area contributed by atoms with Crippen LogP contribution in [0.15, 0.2) is 30.9 Å². The summed E-state index contributed by atoms with van der Waals surface area (Å²) in [7, 11) is 2.09. The minimum atomic E-state index is 0.671. The predicted octanol–water partition coefficient (Wildman–Crippen LogP) is 3.23. The Labute approximate surface area is 117 Å². The third-order valence-corrected chi connectivity index (χ3v) is 2.94. The quantitative estimate of drug-likeness (QED) is 0.546. The summed E-state index contributed by atoms with van der Waals surface area (Å²) >= 11 is 0. The van der Waals surface area contributed by atoms with Gasteiger partial charge in [-0.2, -0.15) is 0 Å². The molecule has 0 aromatic carbocycles. The van der Waals surface area contributed by atoms with Crippen LogP contribution < -0.4 is 10.2 Å². The number of anilines is 1. The minimum Gasteiger partial charge on any atom is -0.360 e. The Kier molecular flexibility index (Phi) is 7.19. The molecule has 0 bridgehead atoms. The first-order valence-corrected chi connectivity index (χ1v) is 7.12. The lowest BCUT2D eigenvalue weighted by molar-refractivity contribution is 0.548. The van der Waals surface area contributed by atoms with Crippen molar-refractivity contribution in [1.82, 2.24) is 10.3 Å². The number of nitrogens with zero attached hydrogens (tertiary/aromatic N) is 2. The van der Waals surface area contributed by atoms with Gasteiger partial charge in [0.25, 0.3) is 0 Å². The second kappa shape index (κ2) is 8.70. The molecule has 0 aliphatic carbocycles. The first kappa shape index (κ1) is 15.7. The van der Waals surface area contributed by atoms with Gasteiger partial charge >= 0.3 is 0 Å². The smallest absolute Gasteiger partial charge is 0.128 e. The van der Waals surface area contributed by atoms with Crippen LogP contribution in [0.5, 0.6) is 0 Å².